The van der Waals surface area contributed by atoms with Crippen molar-refractivity contribution in [3.8, 4) is 0 Å². The number of benzene rings is 2. The second-order valence-corrected chi connectivity index (χ2v) is 8.79. The van der Waals surface area contributed by atoms with Gasteiger partial charge in [-0.2, -0.15) is 0 Å². The summed E-state index contributed by atoms with van der Waals surface area (Å²) in [6.45, 7) is 3.44. The summed E-state index contributed by atoms with van der Waals surface area (Å²) in [6.07, 6.45) is 1.08. The predicted molar refractivity (Wildman–Crippen MR) is 121 cm³/mol. The zero-order valence-electron chi connectivity index (χ0n) is 17.7. The number of quaternary nitrogens is 1. The second kappa shape index (κ2) is 8.59. The molecule has 2 amide bonds. The van der Waals surface area contributed by atoms with Gasteiger partial charge in [-0.05, 0) is 42.8 Å². The van der Waals surface area contributed by atoms with Gasteiger partial charge >= 0.3 is 6.03 Å². The van der Waals surface area contributed by atoms with Gasteiger partial charge in [0.15, 0.2) is 0 Å². The van der Waals surface area contributed by atoms with Crippen molar-refractivity contribution in [1.82, 2.24) is 4.57 Å². The average Bonchev–Trinajstić information content (AvgIpc) is 2.78. The zero-order valence-corrected chi connectivity index (χ0v) is 17.7. The van der Waals surface area contributed by atoms with Crippen molar-refractivity contribution in [2.75, 3.05) is 23.7 Å². The topological polar surface area (TPSA) is 67.6 Å². The van der Waals surface area contributed by atoms with E-state index in [0.717, 1.165) is 37.3 Å². The van der Waals surface area contributed by atoms with Gasteiger partial charge in [-0.1, -0.05) is 30.3 Å². The Labute approximate surface area is 185 Å². The lowest BCUT2D eigenvalue weighted by molar-refractivity contribution is -0.924. The van der Waals surface area contributed by atoms with Crippen LogP contribution in [0.5, 0.6) is 0 Å². The van der Waals surface area contributed by atoms with E-state index in [1.807, 2.05) is 41.0 Å². The molecule has 3 aromatic rings. The quantitative estimate of drug-likeness (QED) is 0.592. The van der Waals surface area contributed by atoms with Crippen molar-refractivity contribution in [2.45, 2.75) is 25.4 Å². The van der Waals surface area contributed by atoms with Gasteiger partial charge in [-0.15, -0.1) is 0 Å². The minimum Gasteiger partial charge on any atom is -0.330 e. The summed E-state index contributed by atoms with van der Waals surface area (Å²) in [7, 11) is 0. The first-order valence-electron chi connectivity index (χ1n) is 11.0. The lowest BCUT2D eigenvalue weighted by Gasteiger charge is -2.40. The van der Waals surface area contributed by atoms with Crippen molar-refractivity contribution in [1.29, 1.82) is 0 Å². The Balaban J connectivity index is 1.30. The van der Waals surface area contributed by atoms with E-state index in [1.54, 1.807) is 18.2 Å². The average molecular weight is 434 g/mol. The van der Waals surface area contributed by atoms with E-state index in [-0.39, 0.29) is 17.1 Å². The number of hydrogen-bond donors (Lipinski definition) is 3. The number of fused-ring (bicyclic) bond motifs is 4. The number of anilines is 2. The first-order valence-corrected chi connectivity index (χ1v) is 11.0. The van der Waals surface area contributed by atoms with Gasteiger partial charge in [0.1, 0.15) is 18.0 Å². The maximum absolute atomic E-state index is 13.2. The van der Waals surface area contributed by atoms with Crippen LogP contribution >= 0.6 is 0 Å². The Hall–Kier alpha value is -3.45. The molecule has 0 aliphatic carbocycles. The lowest BCUT2D eigenvalue weighted by Crippen LogP contribution is -3.13. The van der Waals surface area contributed by atoms with E-state index in [0.29, 0.717) is 24.1 Å². The molecule has 3 atom stereocenters. The SMILES string of the molecule is O=C(Nc1ccccc1)Nc1ccc2n(c1=O)C[C@H]1C[C@@H]2C[NH+](Cc2ccc(F)cc2)C1. The number of aromatic nitrogens is 1. The number of rotatable bonds is 4. The Morgan fingerprint density at radius 2 is 1.78 bits per heavy atom. The number of carbonyl (C=O) groups is 1. The molecule has 3 N–H and O–H groups in total. The third-order valence-electron chi connectivity index (χ3n) is 6.44. The van der Waals surface area contributed by atoms with Crippen LogP contribution in [0.1, 0.15) is 23.6 Å². The maximum atomic E-state index is 13.2. The molecule has 7 heteroatoms. The highest BCUT2D eigenvalue weighted by Gasteiger charge is 2.37. The summed E-state index contributed by atoms with van der Waals surface area (Å²) >= 11 is 0. The molecular formula is C25H26FN4O2+. The molecule has 6 nitrogen and oxygen atoms in total. The van der Waals surface area contributed by atoms with E-state index in [9.17, 15) is 14.0 Å². The Morgan fingerprint density at radius 3 is 2.56 bits per heavy atom. The summed E-state index contributed by atoms with van der Waals surface area (Å²) in [6, 6.07) is 19.1. The third-order valence-corrected chi connectivity index (χ3v) is 6.44. The normalized spacial score (nSPS) is 21.5. The summed E-state index contributed by atoms with van der Waals surface area (Å²) in [4.78, 5) is 26.9. The van der Waals surface area contributed by atoms with Crippen LogP contribution in [0, 0.1) is 11.7 Å². The van der Waals surface area contributed by atoms with Crippen molar-refractivity contribution in [2.24, 2.45) is 5.92 Å². The van der Waals surface area contributed by atoms with E-state index in [2.05, 4.69) is 10.6 Å². The summed E-state index contributed by atoms with van der Waals surface area (Å²) in [5, 5.41) is 5.45. The van der Waals surface area contributed by atoms with Gasteiger partial charge in [-0.25, -0.2) is 9.18 Å². The number of halogens is 1. The number of hydrogen-bond acceptors (Lipinski definition) is 2. The predicted octanol–water partition coefficient (Wildman–Crippen LogP) is 2.83. The van der Waals surface area contributed by atoms with Crippen LogP contribution in [0.15, 0.2) is 71.5 Å². The molecule has 3 heterocycles. The standard InChI is InChI=1S/C25H25FN4O2/c26-20-8-6-17(7-9-20)13-29-14-18-12-19(16-29)23-11-10-22(24(31)30(23)15-18)28-25(32)27-21-4-2-1-3-5-21/h1-11,18-19H,12-16H2,(H2,27,28,32)/p+1/t18-,19+/m0/s1. The maximum Gasteiger partial charge on any atom is 0.323 e. The molecule has 1 saturated heterocycles. The molecule has 0 spiro atoms. The second-order valence-electron chi connectivity index (χ2n) is 8.79. The van der Waals surface area contributed by atoms with Crippen molar-refractivity contribution in [3.63, 3.8) is 0 Å². The molecule has 164 valence electrons. The van der Waals surface area contributed by atoms with E-state index >= 15 is 0 Å². The molecule has 5 rings (SSSR count). The Morgan fingerprint density at radius 1 is 1.00 bits per heavy atom. The van der Waals surface area contributed by atoms with Gasteiger partial charge < -0.3 is 20.1 Å². The number of amides is 2. The fourth-order valence-electron chi connectivity index (χ4n) is 5.11. The number of urea groups is 1. The van der Waals surface area contributed by atoms with E-state index < -0.39 is 6.03 Å². The molecule has 2 aliphatic heterocycles. The Bertz CT molecular complexity index is 1180. The minimum atomic E-state index is -0.431. The van der Waals surface area contributed by atoms with Crippen LogP contribution in [0.25, 0.3) is 0 Å². The van der Waals surface area contributed by atoms with Crippen LogP contribution in [0.3, 0.4) is 0 Å². The highest BCUT2D eigenvalue weighted by molar-refractivity contribution is 5.99. The van der Waals surface area contributed by atoms with Crippen LogP contribution in [-0.4, -0.2) is 23.7 Å². The van der Waals surface area contributed by atoms with Gasteiger partial charge in [-0.3, -0.25) is 4.79 Å². The fourth-order valence-corrected chi connectivity index (χ4v) is 5.11. The zero-order chi connectivity index (χ0) is 22.1. The number of nitrogens with one attached hydrogen (secondary N) is 3. The van der Waals surface area contributed by atoms with Gasteiger partial charge in [0, 0.05) is 35.3 Å². The number of piperidine rings is 1. The van der Waals surface area contributed by atoms with E-state index in [4.69, 9.17) is 0 Å². The molecule has 0 saturated carbocycles. The largest absolute Gasteiger partial charge is 0.330 e. The highest BCUT2D eigenvalue weighted by atomic mass is 19.1. The number of pyridine rings is 1. The first-order chi connectivity index (χ1) is 15.5. The van der Waals surface area contributed by atoms with Crippen molar-refractivity contribution < 1.29 is 14.1 Å². The molecule has 1 unspecified atom stereocenters. The van der Waals surface area contributed by atoms with Crippen molar-refractivity contribution >= 4 is 17.4 Å². The Kier molecular flexibility index (Phi) is 5.49. The number of carbonyl (C=O) groups excluding carboxylic acids is 1. The van der Waals surface area contributed by atoms with Crippen LogP contribution in [-0.2, 0) is 13.1 Å². The number of nitrogens with zero attached hydrogens (tertiary/aromatic N) is 1. The molecular weight excluding hydrogens is 407 g/mol. The first kappa shape index (κ1) is 20.5. The smallest absolute Gasteiger partial charge is 0.323 e. The van der Waals surface area contributed by atoms with Crippen molar-refractivity contribution in [3.05, 3.63) is 94.2 Å². The van der Waals surface area contributed by atoms with Crippen LogP contribution < -0.4 is 21.1 Å². The van der Waals surface area contributed by atoms with E-state index in [1.165, 1.54) is 17.0 Å². The molecule has 2 aliphatic rings. The fraction of sp³-hybridized carbons (Fsp3) is 0.280. The molecule has 32 heavy (non-hydrogen) atoms. The van der Waals surface area contributed by atoms with Crippen LogP contribution in [0.4, 0.5) is 20.6 Å². The number of likely N-dealkylation sites (tertiary alicyclic amines) is 1. The summed E-state index contributed by atoms with van der Waals surface area (Å²) in [5.41, 5.74) is 2.97. The monoisotopic (exact) mass is 433 g/mol. The summed E-state index contributed by atoms with van der Waals surface area (Å²) < 4.78 is 15.0. The number of para-hydroxylation sites is 1. The minimum absolute atomic E-state index is 0.151. The molecule has 1 aromatic heterocycles. The lowest BCUT2D eigenvalue weighted by atomic mass is 9.83. The third kappa shape index (κ3) is 4.29. The summed E-state index contributed by atoms with van der Waals surface area (Å²) in [5.74, 6) is 0.495. The molecule has 0 radical (unpaired) electrons. The van der Waals surface area contributed by atoms with Gasteiger partial charge in [0.25, 0.3) is 5.56 Å². The molecule has 2 aromatic carbocycles. The highest BCUT2D eigenvalue weighted by Crippen LogP contribution is 2.31. The van der Waals surface area contributed by atoms with Crippen LogP contribution in [0.2, 0.25) is 0 Å². The molecule has 1 fully saturated rings. The van der Waals surface area contributed by atoms with Gasteiger partial charge in [0.05, 0.1) is 13.1 Å². The van der Waals surface area contributed by atoms with Gasteiger partial charge in [0.2, 0.25) is 0 Å². The molecule has 2 bridgehead atoms.